The number of hydrogen-bond acceptors (Lipinski definition) is 3. The molecule has 2 N–H and O–H groups in total. The maximum atomic E-state index is 13.2. The van der Waals surface area contributed by atoms with Crippen molar-refractivity contribution in [1.82, 2.24) is 14.8 Å². The zero-order valence-electron chi connectivity index (χ0n) is 19.2. The Morgan fingerprint density at radius 3 is 2.45 bits per heavy atom. The van der Waals surface area contributed by atoms with Gasteiger partial charge < -0.3 is 20.1 Å². The lowest BCUT2D eigenvalue weighted by atomic mass is 10.0. The average molecular weight is 443 g/mol. The molecular weight excluding hydrogens is 412 g/mol. The van der Waals surface area contributed by atoms with Gasteiger partial charge in [-0.25, -0.2) is 0 Å². The van der Waals surface area contributed by atoms with Crippen molar-refractivity contribution >= 4 is 28.4 Å². The Kier molecular flexibility index (Phi) is 6.81. The second-order valence-electron chi connectivity index (χ2n) is 8.82. The molecular formula is C27H30N4O2. The molecule has 0 atom stereocenters. The number of para-hydroxylation sites is 1. The Hall–Kier alpha value is -3.56. The standard InChI is InChI=1S/C27H30N4O2/c1-4-20-9-11-22(12-10-20)28-26(32)18-31-24-8-6-5-7-21(24)17-25(31)27(33)29-23-13-15-30(16-14-23)19(2)3/h1,5-12,17,19,23H,13-16,18H2,2-3H3,(H,28,32)(H,29,33). The molecule has 0 saturated carbocycles. The van der Waals surface area contributed by atoms with Gasteiger partial charge in [0.05, 0.1) is 0 Å². The van der Waals surface area contributed by atoms with Crippen LogP contribution in [-0.4, -0.2) is 46.5 Å². The minimum Gasteiger partial charge on any atom is -0.348 e. The number of benzene rings is 2. The van der Waals surface area contributed by atoms with E-state index in [9.17, 15) is 9.59 Å². The molecule has 1 aliphatic heterocycles. The Bertz CT molecular complexity index is 1180. The molecule has 2 heterocycles. The van der Waals surface area contributed by atoms with E-state index in [4.69, 9.17) is 6.42 Å². The zero-order chi connectivity index (χ0) is 23.4. The molecule has 1 aliphatic rings. The molecule has 0 aliphatic carbocycles. The van der Waals surface area contributed by atoms with Crippen LogP contribution in [0.3, 0.4) is 0 Å². The predicted octanol–water partition coefficient (Wildman–Crippen LogP) is 3.86. The Labute approximate surface area is 195 Å². The molecule has 2 amide bonds. The highest BCUT2D eigenvalue weighted by atomic mass is 16.2. The number of carbonyl (C=O) groups is 2. The van der Waals surface area contributed by atoms with E-state index in [2.05, 4.69) is 35.3 Å². The molecule has 33 heavy (non-hydrogen) atoms. The summed E-state index contributed by atoms with van der Waals surface area (Å²) in [6.07, 6.45) is 7.25. The van der Waals surface area contributed by atoms with Gasteiger partial charge in [0.15, 0.2) is 0 Å². The molecule has 2 aromatic carbocycles. The summed E-state index contributed by atoms with van der Waals surface area (Å²) >= 11 is 0. The molecule has 0 radical (unpaired) electrons. The van der Waals surface area contributed by atoms with Crippen molar-refractivity contribution in [3.05, 3.63) is 65.9 Å². The minimum absolute atomic E-state index is 0.0406. The van der Waals surface area contributed by atoms with E-state index in [0.717, 1.165) is 42.4 Å². The van der Waals surface area contributed by atoms with Crippen LogP contribution in [0.25, 0.3) is 10.9 Å². The number of nitrogens with one attached hydrogen (secondary N) is 2. The number of likely N-dealkylation sites (tertiary alicyclic amines) is 1. The Balaban J connectivity index is 1.50. The third-order valence-corrected chi connectivity index (χ3v) is 6.28. The van der Waals surface area contributed by atoms with Crippen LogP contribution in [0, 0.1) is 12.3 Å². The van der Waals surface area contributed by atoms with Crippen molar-refractivity contribution < 1.29 is 9.59 Å². The topological polar surface area (TPSA) is 66.4 Å². The number of anilines is 1. The summed E-state index contributed by atoms with van der Waals surface area (Å²) in [5.41, 5.74) is 2.77. The van der Waals surface area contributed by atoms with E-state index in [1.54, 1.807) is 28.8 Å². The number of nitrogens with zero attached hydrogens (tertiary/aromatic N) is 2. The smallest absolute Gasteiger partial charge is 0.268 e. The van der Waals surface area contributed by atoms with Gasteiger partial charge in [0.25, 0.3) is 5.91 Å². The van der Waals surface area contributed by atoms with E-state index in [-0.39, 0.29) is 24.4 Å². The third kappa shape index (κ3) is 5.27. The first-order valence-corrected chi connectivity index (χ1v) is 11.4. The van der Waals surface area contributed by atoms with Crippen LogP contribution in [0.4, 0.5) is 5.69 Å². The molecule has 1 aromatic heterocycles. The molecule has 0 spiro atoms. The SMILES string of the molecule is C#Cc1ccc(NC(=O)Cn2c(C(=O)NC3CCN(C(C)C)CC3)cc3ccccc32)cc1. The zero-order valence-corrected chi connectivity index (χ0v) is 19.2. The highest BCUT2D eigenvalue weighted by Gasteiger charge is 2.24. The monoisotopic (exact) mass is 442 g/mol. The van der Waals surface area contributed by atoms with Crippen molar-refractivity contribution in [2.75, 3.05) is 18.4 Å². The van der Waals surface area contributed by atoms with Crippen LogP contribution in [0.15, 0.2) is 54.6 Å². The first-order chi connectivity index (χ1) is 15.9. The molecule has 0 bridgehead atoms. The summed E-state index contributed by atoms with van der Waals surface area (Å²) < 4.78 is 1.79. The van der Waals surface area contributed by atoms with E-state index in [0.29, 0.717) is 17.4 Å². The number of amides is 2. The lowest BCUT2D eigenvalue weighted by Crippen LogP contribution is -2.47. The number of aromatic nitrogens is 1. The summed E-state index contributed by atoms with van der Waals surface area (Å²) in [6, 6.07) is 17.4. The lowest BCUT2D eigenvalue weighted by Gasteiger charge is -2.34. The van der Waals surface area contributed by atoms with Crippen LogP contribution in [0.2, 0.25) is 0 Å². The van der Waals surface area contributed by atoms with Crippen molar-refractivity contribution in [3.63, 3.8) is 0 Å². The summed E-state index contributed by atoms with van der Waals surface area (Å²) in [5.74, 6) is 2.22. The van der Waals surface area contributed by atoms with Crippen molar-refractivity contribution in [2.45, 2.75) is 45.3 Å². The summed E-state index contributed by atoms with van der Waals surface area (Å²) in [5, 5.41) is 7.02. The fourth-order valence-electron chi connectivity index (χ4n) is 4.38. The quantitative estimate of drug-likeness (QED) is 0.570. The van der Waals surface area contributed by atoms with Crippen molar-refractivity contribution in [1.29, 1.82) is 0 Å². The van der Waals surface area contributed by atoms with Crippen LogP contribution >= 0.6 is 0 Å². The van der Waals surface area contributed by atoms with E-state index < -0.39 is 0 Å². The molecule has 6 nitrogen and oxygen atoms in total. The highest BCUT2D eigenvalue weighted by molar-refractivity contribution is 6.00. The average Bonchev–Trinajstić information content (AvgIpc) is 3.18. The van der Waals surface area contributed by atoms with Gasteiger partial charge >= 0.3 is 0 Å². The van der Waals surface area contributed by atoms with Crippen LogP contribution < -0.4 is 10.6 Å². The van der Waals surface area contributed by atoms with Gasteiger partial charge in [-0.1, -0.05) is 24.1 Å². The second kappa shape index (κ2) is 9.93. The minimum atomic E-state index is -0.205. The lowest BCUT2D eigenvalue weighted by molar-refractivity contribution is -0.116. The Morgan fingerprint density at radius 2 is 1.79 bits per heavy atom. The number of hydrogen-bond donors (Lipinski definition) is 2. The number of carbonyl (C=O) groups excluding carboxylic acids is 2. The number of terminal acetylenes is 1. The first kappa shape index (κ1) is 22.6. The van der Waals surface area contributed by atoms with E-state index in [1.807, 2.05) is 30.3 Å². The molecule has 170 valence electrons. The maximum absolute atomic E-state index is 13.2. The van der Waals surface area contributed by atoms with Crippen LogP contribution in [0.5, 0.6) is 0 Å². The molecule has 1 fully saturated rings. The molecule has 4 rings (SSSR count). The normalized spacial score (nSPS) is 14.8. The van der Waals surface area contributed by atoms with Gasteiger partial charge in [0.2, 0.25) is 5.91 Å². The van der Waals surface area contributed by atoms with Gasteiger partial charge in [0, 0.05) is 47.3 Å². The molecule has 0 unspecified atom stereocenters. The summed E-state index contributed by atoms with van der Waals surface area (Å²) in [7, 11) is 0. The van der Waals surface area contributed by atoms with Gasteiger partial charge in [-0.2, -0.15) is 0 Å². The maximum Gasteiger partial charge on any atom is 0.268 e. The van der Waals surface area contributed by atoms with Crippen molar-refractivity contribution in [2.24, 2.45) is 0 Å². The van der Waals surface area contributed by atoms with Crippen molar-refractivity contribution in [3.8, 4) is 12.3 Å². The summed E-state index contributed by atoms with van der Waals surface area (Å²) in [4.78, 5) is 28.5. The van der Waals surface area contributed by atoms with Crippen LogP contribution in [-0.2, 0) is 11.3 Å². The van der Waals surface area contributed by atoms with E-state index in [1.165, 1.54) is 0 Å². The largest absolute Gasteiger partial charge is 0.348 e. The van der Waals surface area contributed by atoms with Crippen LogP contribution in [0.1, 0.15) is 42.7 Å². The highest BCUT2D eigenvalue weighted by Crippen LogP contribution is 2.21. The third-order valence-electron chi connectivity index (χ3n) is 6.28. The van der Waals surface area contributed by atoms with E-state index >= 15 is 0 Å². The number of piperidine rings is 1. The number of fused-ring (bicyclic) bond motifs is 1. The van der Waals surface area contributed by atoms with Gasteiger partial charge in [-0.05, 0) is 63.1 Å². The molecule has 6 heteroatoms. The fourth-order valence-corrected chi connectivity index (χ4v) is 4.38. The predicted molar refractivity (Wildman–Crippen MR) is 132 cm³/mol. The number of rotatable bonds is 6. The molecule has 3 aromatic rings. The second-order valence-corrected chi connectivity index (χ2v) is 8.82. The fraction of sp³-hybridized carbons (Fsp3) is 0.333. The Morgan fingerprint density at radius 1 is 1.09 bits per heavy atom. The first-order valence-electron chi connectivity index (χ1n) is 11.4. The van der Waals surface area contributed by atoms with Gasteiger partial charge in [0.1, 0.15) is 12.2 Å². The summed E-state index contributed by atoms with van der Waals surface area (Å²) in [6.45, 7) is 6.40. The molecule has 1 saturated heterocycles. The van der Waals surface area contributed by atoms with Gasteiger partial charge in [-0.3, -0.25) is 9.59 Å². The van der Waals surface area contributed by atoms with Gasteiger partial charge in [-0.15, -0.1) is 6.42 Å².